The number of aliphatic hydroxyl groups is 1. The first-order valence-corrected chi connectivity index (χ1v) is 7.87. The number of nitrogens with zero attached hydrogens (tertiary/aromatic N) is 3. The third kappa shape index (κ3) is 3.97. The molecule has 0 unspecified atom stereocenters. The maximum Gasteiger partial charge on any atom is 0.268 e. The molecule has 0 spiro atoms. The van der Waals surface area contributed by atoms with Crippen LogP contribution in [0.5, 0.6) is 0 Å². The number of rotatable bonds is 5. The second kappa shape index (κ2) is 7.39. The van der Waals surface area contributed by atoms with E-state index < -0.39 is 6.10 Å². The van der Waals surface area contributed by atoms with Crippen LogP contribution < -0.4 is 10.5 Å². The van der Waals surface area contributed by atoms with Crippen LogP contribution in [-0.2, 0) is 11.3 Å². The fraction of sp³-hybridized carbons (Fsp3) is 0.412. The van der Waals surface area contributed by atoms with Gasteiger partial charge in [-0.25, -0.2) is 4.68 Å². The van der Waals surface area contributed by atoms with E-state index in [0.29, 0.717) is 26.2 Å². The predicted molar refractivity (Wildman–Crippen MR) is 87.5 cm³/mol. The molecule has 1 aliphatic heterocycles. The van der Waals surface area contributed by atoms with Gasteiger partial charge >= 0.3 is 0 Å². The van der Waals surface area contributed by atoms with Gasteiger partial charge in [0.05, 0.1) is 31.2 Å². The molecule has 1 N–H and O–H groups in total. The lowest BCUT2D eigenvalue weighted by molar-refractivity contribution is 0.122. The molecule has 1 saturated heterocycles. The van der Waals surface area contributed by atoms with Crippen molar-refractivity contribution in [1.29, 1.82) is 0 Å². The highest BCUT2D eigenvalue weighted by atomic mass is 16.5. The highest BCUT2D eigenvalue weighted by molar-refractivity contribution is 5.43. The summed E-state index contributed by atoms with van der Waals surface area (Å²) >= 11 is 0. The molecule has 1 fully saturated rings. The summed E-state index contributed by atoms with van der Waals surface area (Å²) in [6.07, 6.45) is 1.57. The quantitative estimate of drug-likeness (QED) is 0.898. The maximum absolute atomic E-state index is 12.2. The Labute approximate surface area is 134 Å². The highest BCUT2D eigenvalue weighted by Gasteiger charge is 2.13. The monoisotopic (exact) mass is 315 g/mol. The molecule has 3 rings (SSSR count). The number of aromatic nitrogens is 2. The summed E-state index contributed by atoms with van der Waals surface area (Å²) in [7, 11) is 0. The molecule has 1 aliphatic rings. The van der Waals surface area contributed by atoms with Crippen LogP contribution in [0, 0.1) is 0 Å². The van der Waals surface area contributed by atoms with Crippen molar-refractivity contribution in [1.82, 2.24) is 9.78 Å². The molecule has 2 heterocycles. The minimum absolute atomic E-state index is 0.144. The van der Waals surface area contributed by atoms with Crippen LogP contribution in [0.4, 0.5) is 5.69 Å². The van der Waals surface area contributed by atoms with Crippen LogP contribution in [0.3, 0.4) is 0 Å². The highest BCUT2D eigenvalue weighted by Crippen LogP contribution is 2.16. The summed E-state index contributed by atoms with van der Waals surface area (Å²) in [6, 6.07) is 11.0. The molecule has 6 nitrogen and oxygen atoms in total. The summed E-state index contributed by atoms with van der Waals surface area (Å²) in [5, 5.41) is 14.4. The van der Waals surface area contributed by atoms with E-state index in [1.807, 2.05) is 30.3 Å². The van der Waals surface area contributed by atoms with Crippen molar-refractivity contribution in [3.05, 3.63) is 58.5 Å². The first-order valence-electron chi connectivity index (χ1n) is 7.87. The predicted octanol–water partition coefficient (Wildman–Crippen LogP) is 1.20. The molecular formula is C17H21N3O3. The SMILES string of the molecule is O=c1cc(N2CCOCC2)cnn1CC[C@H](O)c1ccccc1. The Kier molecular flexibility index (Phi) is 5.05. The third-order valence-electron chi connectivity index (χ3n) is 4.03. The molecule has 0 radical (unpaired) electrons. The van der Waals surface area contributed by atoms with Crippen molar-refractivity contribution in [2.24, 2.45) is 0 Å². The molecule has 2 aromatic rings. The summed E-state index contributed by atoms with van der Waals surface area (Å²) in [5.74, 6) is 0. The van der Waals surface area contributed by atoms with Crippen molar-refractivity contribution in [3.8, 4) is 0 Å². The van der Waals surface area contributed by atoms with Gasteiger partial charge in [0.1, 0.15) is 0 Å². The minimum Gasteiger partial charge on any atom is -0.388 e. The first kappa shape index (κ1) is 15.7. The Morgan fingerprint density at radius 3 is 2.65 bits per heavy atom. The van der Waals surface area contributed by atoms with Crippen LogP contribution in [0.2, 0.25) is 0 Å². The molecule has 23 heavy (non-hydrogen) atoms. The van der Waals surface area contributed by atoms with Crippen LogP contribution in [0.25, 0.3) is 0 Å². The lowest BCUT2D eigenvalue weighted by atomic mass is 10.1. The largest absolute Gasteiger partial charge is 0.388 e. The van der Waals surface area contributed by atoms with Crippen LogP contribution >= 0.6 is 0 Å². The van der Waals surface area contributed by atoms with Crippen LogP contribution in [0.1, 0.15) is 18.1 Å². The molecule has 0 amide bonds. The van der Waals surface area contributed by atoms with Gasteiger partial charge in [0.25, 0.3) is 5.56 Å². The summed E-state index contributed by atoms with van der Waals surface area (Å²) in [4.78, 5) is 14.3. The van der Waals surface area contributed by atoms with Gasteiger partial charge in [-0.05, 0) is 12.0 Å². The van der Waals surface area contributed by atoms with Gasteiger partial charge in [-0.15, -0.1) is 0 Å². The van der Waals surface area contributed by atoms with E-state index >= 15 is 0 Å². The van der Waals surface area contributed by atoms with Gasteiger partial charge in [0.2, 0.25) is 0 Å². The molecule has 1 atom stereocenters. The first-order chi connectivity index (χ1) is 11.2. The van der Waals surface area contributed by atoms with E-state index in [0.717, 1.165) is 24.3 Å². The lowest BCUT2D eigenvalue weighted by Crippen LogP contribution is -2.37. The molecule has 0 bridgehead atoms. The number of aliphatic hydroxyl groups excluding tert-OH is 1. The number of hydrogen-bond acceptors (Lipinski definition) is 5. The zero-order valence-electron chi connectivity index (χ0n) is 13.0. The standard InChI is InChI=1S/C17H21N3O3/c21-16(14-4-2-1-3-5-14)6-7-20-17(22)12-15(13-18-20)19-8-10-23-11-9-19/h1-5,12-13,16,21H,6-11H2/t16-/m0/s1. The third-order valence-corrected chi connectivity index (χ3v) is 4.03. The topological polar surface area (TPSA) is 67.6 Å². The van der Waals surface area contributed by atoms with Gasteiger partial charge in [-0.1, -0.05) is 30.3 Å². The molecular weight excluding hydrogens is 294 g/mol. The summed E-state index contributed by atoms with van der Waals surface area (Å²) < 4.78 is 6.71. The molecule has 1 aromatic heterocycles. The Morgan fingerprint density at radius 1 is 1.22 bits per heavy atom. The maximum atomic E-state index is 12.2. The number of morpholine rings is 1. The smallest absolute Gasteiger partial charge is 0.268 e. The van der Waals surface area contributed by atoms with Gasteiger partial charge < -0.3 is 14.7 Å². The molecule has 1 aromatic carbocycles. The van der Waals surface area contributed by atoms with Gasteiger partial charge in [0.15, 0.2) is 0 Å². The van der Waals surface area contributed by atoms with E-state index in [-0.39, 0.29) is 5.56 Å². The molecule has 0 saturated carbocycles. The average Bonchev–Trinajstić information content (AvgIpc) is 2.62. The Balaban J connectivity index is 1.63. The van der Waals surface area contributed by atoms with Crippen molar-refractivity contribution < 1.29 is 9.84 Å². The van der Waals surface area contributed by atoms with Crippen LogP contribution in [-0.4, -0.2) is 41.2 Å². The van der Waals surface area contributed by atoms with Gasteiger partial charge in [-0.3, -0.25) is 4.79 Å². The van der Waals surface area contributed by atoms with E-state index in [1.54, 1.807) is 12.3 Å². The Morgan fingerprint density at radius 2 is 1.96 bits per heavy atom. The lowest BCUT2D eigenvalue weighted by Gasteiger charge is -2.28. The average molecular weight is 315 g/mol. The van der Waals surface area contributed by atoms with E-state index in [1.165, 1.54) is 4.68 Å². The van der Waals surface area contributed by atoms with Gasteiger partial charge in [-0.2, -0.15) is 5.10 Å². The fourth-order valence-corrected chi connectivity index (χ4v) is 2.67. The Hall–Kier alpha value is -2.18. The second-order valence-electron chi connectivity index (χ2n) is 5.59. The molecule has 0 aliphatic carbocycles. The van der Waals surface area contributed by atoms with E-state index in [9.17, 15) is 9.90 Å². The van der Waals surface area contributed by atoms with Crippen molar-refractivity contribution >= 4 is 5.69 Å². The Bertz CT molecular complexity index is 681. The number of aryl methyl sites for hydroxylation is 1. The number of ether oxygens (including phenoxy) is 1. The summed E-state index contributed by atoms with van der Waals surface area (Å²) in [5.41, 5.74) is 1.54. The molecule has 6 heteroatoms. The zero-order chi connectivity index (χ0) is 16.1. The summed E-state index contributed by atoms with van der Waals surface area (Å²) in [6.45, 7) is 3.28. The van der Waals surface area contributed by atoms with Crippen LogP contribution in [0.15, 0.2) is 47.4 Å². The van der Waals surface area contributed by atoms with Crippen molar-refractivity contribution in [2.45, 2.75) is 19.1 Å². The number of benzene rings is 1. The van der Waals surface area contributed by atoms with E-state index in [2.05, 4.69) is 10.00 Å². The second-order valence-corrected chi connectivity index (χ2v) is 5.59. The van der Waals surface area contributed by atoms with Crippen molar-refractivity contribution in [3.63, 3.8) is 0 Å². The molecule has 122 valence electrons. The van der Waals surface area contributed by atoms with E-state index in [4.69, 9.17) is 4.74 Å². The normalized spacial score (nSPS) is 16.3. The van der Waals surface area contributed by atoms with Gasteiger partial charge in [0, 0.05) is 25.7 Å². The number of anilines is 1. The fourth-order valence-electron chi connectivity index (χ4n) is 2.67. The number of hydrogen-bond donors (Lipinski definition) is 1. The zero-order valence-corrected chi connectivity index (χ0v) is 13.0. The minimum atomic E-state index is -0.594. The van der Waals surface area contributed by atoms with Crippen molar-refractivity contribution in [2.75, 3.05) is 31.2 Å².